The number of benzene rings is 1. The summed E-state index contributed by atoms with van der Waals surface area (Å²) in [7, 11) is 0. The van der Waals surface area contributed by atoms with E-state index in [1.54, 1.807) is 12.1 Å². The van der Waals surface area contributed by atoms with Gasteiger partial charge in [0.1, 0.15) is 18.2 Å². The van der Waals surface area contributed by atoms with Crippen molar-refractivity contribution in [3.63, 3.8) is 0 Å². The fourth-order valence-electron chi connectivity index (χ4n) is 2.08. The lowest BCUT2D eigenvalue weighted by molar-refractivity contribution is 0.265. The van der Waals surface area contributed by atoms with E-state index in [1.165, 1.54) is 12.1 Å². The molecule has 1 aromatic rings. The predicted octanol–water partition coefficient (Wildman–Crippen LogP) is 1.72. The molecule has 0 aliphatic carbocycles. The Morgan fingerprint density at radius 1 is 1.50 bits per heavy atom. The smallest absolute Gasteiger partial charge is 0.126 e. The van der Waals surface area contributed by atoms with Crippen LogP contribution in [0.15, 0.2) is 24.3 Å². The van der Waals surface area contributed by atoms with Gasteiger partial charge in [-0.1, -0.05) is 6.07 Å². The Labute approximate surface area is 125 Å². The molecule has 0 amide bonds. The summed E-state index contributed by atoms with van der Waals surface area (Å²) in [6.45, 7) is 6.69. The van der Waals surface area contributed by atoms with Gasteiger partial charge in [0.25, 0.3) is 0 Å². The highest BCUT2D eigenvalue weighted by Gasteiger charge is 2.22. The fraction of sp³-hybridized carbons (Fsp3) is 0.571. The van der Waals surface area contributed by atoms with Crippen LogP contribution in [0.3, 0.4) is 0 Å². The van der Waals surface area contributed by atoms with Gasteiger partial charge in [-0.05, 0) is 26.0 Å². The molecule has 1 aliphatic rings. The summed E-state index contributed by atoms with van der Waals surface area (Å²) in [6.07, 6.45) is 0. The summed E-state index contributed by atoms with van der Waals surface area (Å²) in [5.74, 6) is 0.887. The second-order valence-corrected chi connectivity index (χ2v) is 5.15. The van der Waals surface area contributed by atoms with Gasteiger partial charge in [-0.3, -0.25) is 10.9 Å². The maximum atomic E-state index is 13.0. The van der Waals surface area contributed by atoms with Crippen molar-refractivity contribution >= 4 is 12.4 Å². The van der Waals surface area contributed by atoms with E-state index in [0.29, 0.717) is 24.3 Å². The molecule has 1 heterocycles. The van der Waals surface area contributed by atoms with Crippen LogP contribution in [-0.4, -0.2) is 31.8 Å². The van der Waals surface area contributed by atoms with Crippen LogP contribution in [0.1, 0.15) is 13.8 Å². The Morgan fingerprint density at radius 3 is 2.95 bits per heavy atom. The summed E-state index contributed by atoms with van der Waals surface area (Å²) in [6, 6.07) is 6.94. The SMILES string of the molecule is CC(COc1cccc(F)c1)NCC1CNNC1C.Cl. The Balaban J connectivity index is 0.00000200. The number of hydrogen-bond donors (Lipinski definition) is 3. The second kappa shape index (κ2) is 8.42. The molecule has 1 aromatic carbocycles. The highest BCUT2D eigenvalue weighted by Crippen LogP contribution is 2.12. The van der Waals surface area contributed by atoms with Gasteiger partial charge in [0.15, 0.2) is 0 Å². The van der Waals surface area contributed by atoms with Gasteiger partial charge in [0.2, 0.25) is 0 Å². The van der Waals surface area contributed by atoms with E-state index in [2.05, 4.69) is 30.0 Å². The third kappa shape index (κ3) is 5.25. The molecule has 20 heavy (non-hydrogen) atoms. The first-order valence-electron chi connectivity index (χ1n) is 6.75. The molecule has 3 N–H and O–H groups in total. The van der Waals surface area contributed by atoms with Crippen LogP contribution in [0, 0.1) is 11.7 Å². The van der Waals surface area contributed by atoms with Crippen molar-refractivity contribution in [2.45, 2.75) is 25.9 Å². The molecule has 2 rings (SSSR count). The summed E-state index contributed by atoms with van der Waals surface area (Å²) < 4.78 is 18.5. The highest BCUT2D eigenvalue weighted by atomic mass is 35.5. The quantitative estimate of drug-likeness (QED) is 0.749. The molecular formula is C14H23ClFN3O. The molecule has 0 bridgehead atoms. The standard InChI is InChI=1S/C14H22FN3O.ClH/c1-10(16-7-12-8-17-18-11(12)2)9-19-14-5-3-4-13(15)6-14;/h3-6,10-12,16-18H,7-9H2,1-2H3;1H. The number of hydrazine groups is 1. The number of rotatable bonds is 6. The molecule has 3 atom stereocenters. The maximum absolute atomic E-state index is 13.0. The van der Waals surface area contributed by atoms with E-state index in [0.717, 1.165) is 13.1 Å². The minimum atomic E-state index is -0.268. The summed E-state index contributed by atoms with van der Waals surface area (Å²) >= 11 is 0. The van der Waals surface area contributed by atoms with Crippen LogP contribution in [0.25, 0.3) is 0 Å². The molecule has 1 aliphatic heterocycles. The predicted molar refractivity (Wildman–Crippen MR) is 80.7 cm³/mol. The largest absolute Gasteiger partial charge is 0.492 e. The van der Waals surface area contributed by atoms with E-state index in [1.807, 2.05) is 0 Å². The minimum Gasteiger partial charge on any atom is -0.492 e. The first-order valence-corrected chi connectivity index (χ1v) is 6.75. The van der Waals surface area contributed by atoms with E-state index in [4.69, 9.17) is 4.74 Å². The maximum Gasteiger partial charge on any atom is 0.126 e. The molecule has 0 saturated carbocycles. The van der Waals surface area contributed by atoms with Crippen molar-refractivity contribution in [1.29, 1.82) is 0 Å². The van der Waals surface area contributed by atoms with Crippen molar-refractivity contribution < 1.29 is 9.13 Å². The highest BCUT2D eigenvalue weighted by molar-refractivity contribution is 5.85. The van der Waals surface area contributed by atoms with Crippen molar-refractivity contribution in [2.24, 2.45) is 5.92 Å². The number of halogens is 2. The Hall–Kier alpha value is -0.880. The zero-order valence-corrected chi connectivity index (χ0v) is 12.7. The van der Waals surface area contributed by atoms with Crippen molar-refractivity contribution in [1.82, 2.24) is 16.2 Å². The lowest BCUT2D eigenvalue weighted by Crippen LogP contribution is -2.39. The topological polar surface area (TPSA) is 45.3 Å². The number of nitrogens with one attached hydrogen (secondary N) is 3. The third-order valence-corrected chi connectivity index (χ3v) is 3.43. The van der Waals surface area contributed by atoms with Gasteiger partial charge < -0.3 is 10.1 Å². The lowest BCUT2D eigenvalue weighted by Gasteiger charge is -2.19. The van der Waals surface area contributed by atoms with Crippen molar-refractivity contribution in [3.05, 3.63) is 30.1 Å². The Bertz CT molecular complexity index is 408. The number of hydrogen-bond acceptors (Lipinski definition) is 4. The molecule has 1 saturated heterocycles. The molecule has 4 nitrogen and oxygen atoms in total. The molecule has 0 aromatic heterocycles. The zero-order valence-electron chi connectivity index (χ0n) is 11.9. The molecule has 114 valence electrons. The zero-order chi connectivity index (χ0) is 13.7. The minimum absolute atomic E-state index is 0. The monoisotopic (exact) mass is 303 g/mol. The van der Waals surface area contributed by atoms with Crippen LogP contribution in [0.4, 0.5) is 4.39 Å². The molecule has 0 spiro atoms. The first kappa shape index (κ1) is 17.2. The average molecular weight is 304 g/mol. The summed E-state index contributed by atoms with van der Waals surface area (Å²) in [4.78, 5) is 0. The molecule has 3 unspecified atom stereocenters. The van der Waals surface area contributed by atoms with Crippen molar-refractivity contribution in [3.8, 4) is 5.75 Å². The fourth-order valence-corrected chi connectivity index (χ4v) is 2.08. The second-order valence-electron chi connectivity index (χ2n) is 5.15. The van der Waals surface area contributed by atoms with Crippen LogP contribution in [0.5, 0.6) is 5.75 Å². The Morgan fingerprint density at radius 2 is 2.30 bits per heavy atom. The summed E-state index contributed by atoms with van der Waals surface area (Å²) in [5, 5.41) is 3.44. The number of ether oxygens (including phenoxy) is 1. The third-order valence-electron chi connectivity index (χ3n) is 3.43. The molecule has 0 radical (unpaired) electrons. The van der Waals surface area contributed by atoms with Gasteiger partial charge in [-0.15, -0.1) is 12.4 Å². The van der Waals surface area contributed by atoms with E-state index in [-0.39, 0.29) is 24.3 Å². The average Bonchev–Trinajstić information content (AvgIpc) is 2.80. The molecular weight excluding hydrogens is 281 g/mol. The normalized spacial score (nSPS) is 23.1. The van der Waals surface area contributed by atoms with Crippen LogP contribution in [-0.2, 0) is 0 Å². The van der Waals surface area contributed by atoms with Crippen LogP contribution >= 0.6 is 12.4 Å². The van der Waals surface area contributed by atoms with E-state index >= 15 is 0 Å². The Kier molecular flexibility index (Phi) is 7.23. The van der Waals surface area contributed by atoms with Gasteiger partial charge >= 0.3 is 0 Å². The van der Waals surface area contributed by atoms with E-state index in [9.17, 15) is 4.39 Å². The van der Waals surface area contributed by atoms with Gasteiger partial charge in [-0.2, -0.15) is 0 Å². The first-order chi connectivity index (χ1) is 9.15. The van der Waals surface area contributed by atoms with Gasteiger partial charge in [0, 0.05) is 37.2 Å². The van der Waals surface area contributed by atoms with Crippen molar-refractivity contribution in [2.75, 3.05) is 19.7 Å². The van der Waals surface area contributed by atoms with Gasteiger partial charge in [-0.25, -0.2) is 4.39 Å². The molecule has 6 heteroatoms. The lowest BCUT2D eigenvalue weighted by atomic mass is 10.0. The summed E-state index contributed by atoms with van der Waals surface area (Å²) in [5.41, 5.74) is 6.34. The molecule has 1 fully saturated rings. The van der Waals surface area contributed by atoms with Gasteiger partial charge in [0.05, 0.1) is 0 Å². The van der Waals surface area contributed by atoms with E-state index < -0.39 is 0 Å². The van der Waals surface area contributed by atoms with Crippen LogP contribution < -0.4 is 20.9 Å². The van der Waals surface area contributed by atoms with Crippen LogP contribution in [0.2, 0.25) is 0 Å².